The molecule has 1 aliphatic carbocycles. The van der Waals surface area contributed by atoms with Gasteiger partial charge < -0.3 is 33.9 Å². The number of carboxylic acids is 1. The molecule has 1 heterocycles. The van der Waals surface area contributed by atoms with Crippen LogP contribution in [-0.2, 0) is 11.2 Å². The molecule has 0 bridgehead atoms. The molecule has 30 heavy (non-hydrogen) atoms. The van der Waals surface area contributed by atoms with Crippen molar-refractivity contribution >= 4 is 5.97 Å². The van der Waals surface area contributed by atoms with Gasteiger partial charge in [0.05, 0.1) is 27.2 Å². The molecule has 8 heteroatoms. The fourth-order valence-electron chi connectivity index (χ4n) is 4.53. The van der Waals surface area contributed by atoms with Gasteiger partial charge in [-0.15, -0.1) is 0 Å². The lowest BCUT2D eigenvalue weighted by molar-refractivity contribution is -0.145. The molecule has 2 N–H and O–H groups in total. The first-order chi connectivity index (χ1) is 14.5. The van der Waals surface area contributed by atoms with Gasteiger partial charge in [-0.3, -0.25) is 4.79 Å². The summed E-state index contributed by atoms with van der Waals surface area (Å²) in [4.78, 5) is 12.3. The Labute approximate surface area is 173 Å². The first-order valence-corrected chi connectivity index (χ1v) is 9.58. The summed E-state index contributed by atoms with van der Waals surface area (Å²) in [6.07, 6.45) is 0.431. The fraction of sp³-hybridized carbons (Fsp3) is 0.409. The number of aliphatic carboxylic acids is 1. The number of carbonyl (C=O) groups is 1. The van der Waals surface area contributed by atoms with Crippen LogP contribution in [0.1, 0.15) is 22.6 Å². The van der Waals surface area contributed by atoms with E-state index in [1.54, 1.807) is 12.1 Å². The van der Waals surface area contributed by atoms with E-state index in [9.17, 15) is 15.0 Å². The van der Waals surface area contributed by atoms with Crippen molar-refractivity contribution in [2.45, 2.75) is 12.3 Å². The summed E-state index contributed by atoms with van der Waals surface area (Å²) in [6.45, 7) is -0.120. The van der Waals surface area contributed by atoms with Gasteiger partial charge in [0.1, 0.15) is 0 Å². The van der Waals surface area contributed by atoms with Crippen LogP contribution < -0.4 is 23.7 Å². The van der Waals surface area contributed by atoms with E-state index in [4.69, 9.17) is 23.7 Å². The van der Waals surface area contributed by atoms with Crippen molar-refractivity contribution in [1.29, 1.82) is 0 Å². The predicted octanol–water partition coefficient (Wildman–Crippen LogP) is 2.44. The summed E-state index contributed by atoms with van der Waals surface area (Å²) in [5.41, 5.74) is 2.44. The Balaban J connectivity index is 1.95. The Hall–Kier alpha value is -3.13. The van der Waals surface area contributed by atoms with Gasteiger partial charge in [0.15, 0.2) is 23.0 Å². The number of aliphatic hydroxyl groups excluding tert-OH is 1. The molecular formula is C22H24O8. The van der Waals surface area contributed by atoms with Gasteiger partial charge in [-0.25, -0.2) is 0 Å². The lowest BCUT2D eigenvalue weighted by atomic mass is 9.66. The maximum Gasteiger partial charge on any atom is 0.307 e. The van der Waals surface area contributed by atoms with E-state index in [-0.39, 0.29) is 13.4 Å². The third-order valence-corrected chi connectivity index (χ3v) is 5.88. The molecule has 3 unspecified atom stereocenters. The van der Waals surface area contributed by atoms with Crippen molar-refractivity contribution < 1.29 is 38.7 Å². The maximum atomic E-state index is 12.3. The van der Waals surface area contributed by atoms with Crippen molar-refractivity contribution in [2.75, 3.05) is 34.7 Å². The van der Waals surface area contributed by atoms with Crippen LogP contribution in [0.5, 0.6) is 28.7 Å². The highest BCUT2D eigenvalue weighted by atomic mass is 16.7. The van der Waals surface area contributed by atoms with Gasteiger partial charge in [-0.05, 0) is 47.4 Å². The Morgan fingerprint density at radius 2 is 1.67 bits per heavy atom. The third kappa shape index (κ3) is 3.17. The average molecular weight is 416 g/mol. The van der Waals surface area contributed by atoms with Crippen LogP contribution in [0.4, 0.5) is 0 Å². The SMILES string of the molecule is COc1cc(C2c3cc4c(cc3CC(CO)C2C(=O)O)OCO4)cc(OC)c1OC. The van der Waals surface area contributed by atoms with Crippen LogP contribution in [0.3, 0.4) is 0 Å². The molecule has 8 nitrogen and oxygen atoms in total. The van der Waals surface area contributed by atoms with Gasteiger partial charge >= 0.3 is 5.97 Å². The normalized spacial score (nSPS) is 21.7. The van der Waals surface area contributed by atoms with Crippen LogP contribution >= 0.6 is 0 Å². The Kier molecular flexibility index (Phi) is 5.34. The minimum absolute atomic E-state index is 0.124. The monoisotopic (exact) mass is 416 g/mol. The predicted molar refractivity (Wildman–Crippen MR) is 106 cm³/mol. The zero-order chi connectivity index (χ0) is 21.4. The molecule has 3 atom stereocenters. The van der Waals surface area contributed by atoms with E-state index in [0.717, 1.165) is 11.1 Å². The lowest BCUT2D eigenvalue weighted by Crippen LogP contribution is -2.37. The maximum absolute atomic E-state index is 12.3. The van der Waals surface area contributed by atoms with Crippen molar-refractivity contribution in [3.05, 3.63) is 41.0 Å². The van der Waals surface area contributed by atoms with Crippen LogP contribution in [0.15, 0.2) is 24.3 Å². The van der Waals surface area contributed by atoms with Gasteiger partial charge in [-0.2, -0.15) is 0 Å². The molecule has 2 aromatic rings. The number of fused-ring (bicyclic) bond motifs is 2. The van der Waals surface area contributed by atoms with Crippen molar-refractivity contribution in [3.8, 4) is 28.7 Å². The zero-order valence-corrected chi connectivity index (χ0v) is 17.0. The molecule has 2 aromatic carbocycles. The molecule has 0 amide bonds. The number of carboxylic acid groups (broad SMARTS) is 1. The molecule has 2 aliphatic rings. The van der Waals surface area contributed by atoms with Crippen LogP contribution in [0.2, 0.25) is 0 Å². The second-order valence-corrected chi connectivity index (χ2v) is 7.35. The van der Waals surface area contributed by atoms with E-state index in [2.05, 4.69) is 0 Å². The highest BCUT2D eigenvalue weighted by Gasteiger charge is 2.43. The molecule has 0 saturated heterocycles. The zero-order valence-electron chi connectivity index (χ0n) is 17.0. The smallest absolute Gasteiger partial charge is 0.307 e. The quantitative estimate of drug-likeness (QED) is 0.740. The summed E-state index contributed by atoms with van der Waals surface area (Å²) in [5.74, 6) is -0.321. The number of hydrogen-bond donors (Lipinski definition) is 2. The molecule has 0 spiro atoms. The van der Waals surface area contributed by atoms with E-state index < -0.39 is 23.7 Å². The van der Waals surface area contributed by atoms with Gasteiger partial charge in [0.2, 0.25) is 12.5 Å². The summed E-state index contributed by atoms with van der Waals surface area (Å²) >= 11 is 0. The van der Waals surface area contributed by atoms with Crippen LogP contribution in [0.25, 0.3) is 0 Å². The lowest BCUT2D eigenvalue weighted by Gasteiger charge is -2.37. The summed E-state index contributed by atoms with van der Waals surface area (Å²) in [5, 5.41) is 20.1. The molecule has 0 saturated carbocycles. The molecule has 4 rings (SSSR count). The summed E-state index contributed by atoms with van der Waals surface area (Å²) < 4.78 is 27.4. The highest BCUT2D eigenvalue weighted by molar-refractivity contribution is 5.75. The Bertz CT molecular complexity index is 945. The van der Waals surface area contributed by atoms with E-state index in [1.165, 1.54) is 21.3 Å². The van der Waals surface area contributed by atoms with Crippen molar-refractivity contribution in [1.82, 2.24) is 0 Å². The number of benzene rings is 2. The number of methoxy groups -OCH3 is 3. The minimum atomic E-state index is -0.976. The molecule has 0 aromatic heterocycles. The number of hydrogen-bond acceptors (Lipinski definition) is 7. The first-order valence-electron chi connectivity index (χ1n) is 9.58. The van der Waals surface area contributed by atoms with Crippen molar-refractivity contribution in [3.63, 3.8) is 0 Å². The van der Waals surface area contributed by atoms with Gasteiger partial charge in [-0.1, -0.05) is 0 Å². The molecule has 160 valence electrons. The molecule has 1 aliphatic heterocycles. The van der Waals surface area contributed by atoms with Crippen LogP contribution in [0, 0.1) is 11.8 Å². The minimum Gasteiger partial charge on any atom is -0.493 e. The molecule has 0 radical (unpaired) electrons. The third-order valence-electron chi connectivity index (χ3n) is 5.88. The van der Waals surface area contributed by atoms with Crippen molar-refractivity contribution in [2.24, 2.45) is 11.8 Å². The van der Waals surface area contributed by atoms with Gasteiger partial charge in [0, 0.05) is 18.4 Å². The highest BCUT2D eigenvalue weighted by Crippen LogP contribution is 2.50. The number of ether oxygens (including phenoxy) is 5. The Morgan fingerprint density at radius 3 is 2.20 bits per heavy atom. The fourth-order valence-corrected chi connectivity index (χ4v) is 4.53. The van der Waals surface area contributed by atoms with E-state index in [1.807, 2.05) is 12.1 Å². The largest absolute Gasteiger partial charge is 0.493 e. The Morgan fingerprint density at radius 1 is 1.03 bits per heavy atom. The van der Waals surface area contributed by atoms with E-state index >= 15 is 0 Å². The summed E-state index contributed by atoms with van der Waals surface area (Å²) in [7, 11) is 4.54. The number of rotatable bonds is 6. The number of aliphatic hydroxyl groups is 1. The summed E-state index contributed by atoms with van der Waals surface area (Å²) in [6, 6.07) is 7.24. The average Bonchev–Trinajstić information content (AvgIpc) is 3.22. The standard InChI is InChI=1S/C22H24O8/c1-26-17-6-12(7-18(27-2)21(17)28-3)19-14-8-16-15(29-10-30-16)5-11(14)4-13(9-23)20(19)22(24)25/h5-8,13,19-20,23H,4,9-10H2,1-3H3,(H,24,25). The topological polar surface area (TPSA) is 104 Å². The van der Waals surface area contributed by atoms with E-state index in [0.29, 0.717) is 40.7 Å². The van der Waals surface area contributed by atoms with Crippen LogP contribution in [-0.4, -0.2) is 50.9 Å². The van der Waals surface area contributed by atoms with Gasteiger partial charge in [0.25, 0.3) is 0 Å². The first kappa shape index (κ1) is 20.2. The second kappa shape index (κ2) is 7.95. The molecular weight excluding hydrogens is 392 g/mol. The second-order valence-electron chi connectivity index (χ2n) is 7.35. The molecule has 0 fully saturated rings.